The zero-order valence-electron chi connectivity index (χ0n) is 9.84. The molecule has 0 radical (unpaired) electrons. The average molecular weight is 199 g/mol. The molecular weight excluding hydrogens is 174 g/mol. The summed E-state index contributed by atoms with van der Waals surface area (Å²) in [5, 5.41) is 3.66. The van der Waals surface area contributed by atoms with Crippen molar-refractivity contribution in [1.29, 1.82) is 0 Å². The molecule has 1 saturated carbocycles. The number of nitrogens with one attached hydrogen (secondary N) is 1. The van der Waals surface area contributed by atoms with Crippen LogP contribution in [0.3, 0.4) is 0 Å². The summed E-state index contributed by atoms with van der Waals surface area (Å²) in [4.78, 5) is 2.21. The van der Waals surface area contributed by atoms with Gasteiger partial charge in [0.25, 0.3) is 0 Å². The first-order valence-electron chi connectivity index (χ1n) is 5.74. The van der Waals surface area contributed by atoms with E-state index in [2.05, 4.69) is 31.2 Å². The van der Waals surface area contributed by atoms with Gasteiger partial charge in [-0.3, -0.25) is 0 Å². The highest BCUT2D eigenvalue weighted by atomic mass is 15.1. The van der Waals surface area contributed by atoms with E-state index >= 15 is 0 Å². The summed E-state index contributed by atoms with van der Waals surface area (Å²) < 4.78 is 0. The average Bonchev–Trinajstić information content (AvgIpc) is 2.96. The lowest BCUT2D eigenvalue weighted by molar-refractivity contribution is 0.264. The second-order valence-electron chi connectivity index (χ2n) is 4.72. The van der Waals surface area contributed by atoms with Crippen LogP contribution in [0.15, 0.2) is 0 Å². The Hall–Kier alpha value is -0.120. The van der Waals surface area contributed by atoms with Crippen molar-refractivity contribution in [2.24, 2.45) is 11.7 Å². The molecule has 14 heavy (non-hydrogen) atoms. The third-order valence-electron chi connectivity index (χ3n) is 3.39. The molecule has 1 rings (SSSR count). The lowest BCUT2D eigenvalue weighted by atomic mass is 9.90. The van der Waals surface area contributed by atoms with Crippen molar-refractivity contribution in [3.63, 3.8) is 0 Å². The predicted octanol–water partition coefficient (Wildman–Crippen LogP) is 0.655. The minimum Gasteiger partial charge on any atom is -0.329 e. The molecule has 3 N–H and O–H groups in total. The summed E-state index contributed by atoms with van der Waals surface area (Å²) >= 11 is 0. The van der Waals surface area contributed by atoms with Gasteiger partial charge in [-0.25, -0.2) is 0 Å². The molecule has 0 aromatic heterocycles. The minimum atomic E-state index is 0.232. The second-order valence-corrected chi connectivity index (χ2v) is 4.72. The Labute approximate surface area is 88.0 Å². The van der Waals surface area contributed by atoms with Crippen LogP contribution in [0.1, 0.15) is 26.2 Å². The van der Waals surface area contributed by atoms with E-state index in [1.165, 1.54) is 12.8 Å². The van der Waals surface area contributed by atoms with Crippen LogP contribution >= 0.6 is 0 Å². The van der Waals surface area contributed by atoms with Crippen LogP contribution in [0, 0.1) is 5.92 Å². The fourth-order valence-corrected chi connectivity index (χ4v) is 2.11. The topological polar surface area (TPSA) is 41.3 Å². The third kappa shape index (κ3) is 2.94. The largest absolute Gasteiger partial charge is 0.329 e. The van der Waals surface area contributed by atoms with Gasteiger partial charge in [0.2, 0.25) is 0 Å². The standard InChI is InChI=1S/C11H25N3/c1-4-11(9-12,10-5-6-10)13-7-8-14(2)3/h10,13H,4-9,12H2,1-3H3. The molecule has 1 aliphatic rings. The van der Waals surface area contributed by atoms with Crippen LogP contribution in [0.2, 0.25) is 0 Å². The molecule has 84 valence electrons. The van der Waals surface area contributed by atoms with E-state index < -0.39 is 0 Å². The lowest BCUT2D eigenvalue weighted by Crippen LogP contribution is -2.54. The lowest BCUT2D eigenvalue weighted by Gasteiger charge is -2.33. The predicted molar refractivity (Wildman–Crippen MR) is 61.4 cm³/mol. The van der Waals surface area contributed by atoms with Crippen LogP contribution < -0.4 is 11.1 Å². The first kappa shape index (κ1) is 12.0. The van der Waals surface area contributed by atoms with Crippen LogP contribution in [0.4, 0.5) is 0 Å². The number of likely N-dealkylation sites (N-methyl/N-ethyl adjacent to an activating group) is 1. The maximum Gasteiger partial charge on any atom is 0.0330 e. The SMILES string of the molecule is CCC(CN)(NCCN(C)C)C1CC1. The molecule has 0 aliphatic heterocycles. The number of hydrogen-bond donors (Lipinski definition) is 2. The van der Waals surface area contributed by atoms with Gasteiger partial charge in [0, 0.05) is 25.2 Å². The summed E-state index contributed by atoms with van der Waals surface area (Å²) in [5.74, 6) is 0.833. The van der Waals surface area contributed by atoms with Gasteiger partial charge in [0.15, 0.2) is 0 Å². The Morgan fingerprint density at radius 1 is 1.43 bits per heavy atom. The number of rotatable bonds is 7. The van der Waals surface area contributed by atoms with Crippen LogP contribution in [-0.4, -0.2) is 44.2 Å². The molecule has 0 aromatic carbocycles. The molecule has 1 fully saturated rings. The van der Waals surface area contributed by atoms with E-state index in [4.69, 9.17) is 5.73 Å². The van der Waals surface area contributed by atoms with Crippen LogP contribution in [0.5, 0.6) is 0 Å². The fourth-order valence-electron chi connectivity index (χ4n) is 2.11. The zero-order chi connectivity index (χ0) is 10.6. The van der Waals surface area contributed by atoms with Crippen molar-refractivity contribution in [3.8, 4) is 0 Å². The van der Waals surface area contributed by atoms with E-state index in [0.29, 0.717) is 0 Å². The first-order chi connectivity index (χ1) is 6.64. The second kappa shape index (κ2) is 5.10. The number of nitrogens with two attached hydrogens (primary N) is 1. The molecule has 0 saturated heterocycles. The zero-order valence-corrected chi connectivity index (χ0v) is 9.84. The highest BCUT2D eigenvalue weighted by Crippen LogP contribution is 2.40. The van der Waals surface area contributed by atoms with Gasteiger partial charge in [0.05, 0.1) is 0 Å². The van der Waals surface area contributed by atoms with Crippen molar-refractivity contribution in [2.75, 3.05) is 33.7 Å². The van der Waals surface area contributed by atoms with Gasteiger partial charge in [-0.1, -0.05) is 6.92 Å². The summed E-state index contributed by atoms with van der Waals surface area (Å²) in [6.07, 6.45) is 3.88. The van der Waals surface area contributed by atoms with Crippen molar-refractivity contribution < 1.29 is 0 Å². The Kier molecular flexibility index (Phi) is 4.35. The summed E-state index contributed by atoms with van der Waals surface area (Å²) in [7, 11) is 4.21. The highest BCUT2D eigenvalue weighted by Gasteiger charge is 2.42. The van der Waals surface area contributed by atoms with Gasteiger partial charge >= 0.3 is 0 Å². The normalized spacial score (nSPS) is 21.2. The molecule has 0 spiro atoms. The van der Waals surface area contributed by atoms with Crippen molar-refractivity contribution in [1.82, 2.24) is 10.2 Å². The molecule has 1 unspecified atom stereocenters. The molecule has 3 heteroatoms. The van der Waals surface area contributed by atoms with E-state index in [-0.39, 0.29) is 5.54 Å². The van der Waals surface area contributed by atoms with Gasteiger partial charge in [-0.15, -0.1) is 0 Å². The highest BCUT2D eigenvalue weighted by molar-refractivity contribution is 5.01. The molecule has 1 aliphatic carbocycles. The third-order valence-corrected chi connectivity index (χ3v) is 3.39. The maximum atomic E-state index is 5.90. The fraction of sp³-hybridized carbons (Fsp3) is 1.00. The van der Waals surface area contributed by atoms with E-state index in [1.807, 2.05) is 0 Å². The van der Waals surface area contributed by atoms with E-state index in [0.717, 1.165) is 32.0 Å². The molecular formula is C11H25N3. The minimum absolute atomic E-state index is 0.232. The van der Waals surface area contributed by atoms with E-state index in [9.17, 15) is 0 Å². The van der Waals surface area contributed by atoms with Crippen molar-refractivity contribution >= 4 is 0 Å². The molecule has 0 heterocycles. The summed E-state index contributed by atoms with van der Waals surface area (Å²) in [5.41, 5.74) is 6.13. The molecule has 0 amide bonds. The maximum absolute atomic E-state index is 5.90. The van der Waals surface area contributed by atoms with Crippen LogP contribution in [0.25, 0.3) is 0 Å². The smallest absolute Gasteiger partial charge is 0.0330 e. The van der Waals surface area contributed by atoms with Crippen molar-refractivity contribution in [2.45, 2.75) is 31.7 Å². The van der Waals surface area contributed by atoms with E-state index in [1.54, 1.807) is 0 Å². The molecule has 1 atom stereocenters. The number of hydrogen-bond acceptors (Lipinski definition) is 3. The quantitative estimate of drug-likeness (QED) is 0.633. The first-order valence-corrected chi connectivity index (χ1v) is 5.74. The van der Waals surface area contributed by atoms with Gasteiger partial charge in [-0.05, 0) is 39.3 Å². The number of nitrogens with zero attached hydrogens (tertiary/aromatic N) is 1. The van der Waals surface area contributed by atoms with Gasteiger partial charge in [-0.2, -0.15) is 0 Å². The summed E-state index contributed by atoms with van der Waals surface area (Å²) in [6, 6.07) is 0. The Morgan fingerprint density at radius 2 is 2.07 bits per heavy atom. The Morgan fingerprint density at radius 3 is 2.43 bits per heavy atom. The van der Waals surface area contributed by atoms with Crippen molar-refractivity contribution in [3.05, 3.63) is 0 Å². The molecule has 3 nitrogen and oxygen atoms in total. The Bertz CT molecular complexity index is 160. The van der Waals surface area contributed by atoms with Gasteiger partial charge in [0.1, 0.15) is 0 Å². The monoisotopic (exact) mass is 199 g/mol. The summed E-state index contributed by atoms with van der Waals surface area (Å²) in [6.45, 7) is 5.17. The van der Waals surface area contributed by atoms with Crippen LogP contribution in [-0.2, 0) is 0 Å². The van der Waals surface area contributed by atoms with Gasteiger partial charge < -0.3 is 16.0 Å². The Balaban J connectivity index is 2.34. The molecule has 0 aromatic rings. The molecule has 0 bridgehead atoms.